The Morgan fingerprint density at radius 3 is 2.41 bits per heavy atom. The molecule has 168 valence electrons. The second-order valence-electron chi connectivity index (χ2n) is 6.66. The fourth-order valence-corrected chi connectivity index (χ4v) is 3.38. The SMILES string of the molecule is Cc1cc(OCc2ccc(F)cc2F)c(Br)c(=O)n1-c1ccc(C(=O)O)cc1C(F)(F)F. The molecule has 1 aromatic heterocycles. The van der Waals surface area contributed by atoms with E-state index >= 15 is 0 Å². The molecule has 0 saturated carbocycles. The Morgan fingerprint density at radius 2 is 1.81 bits per heavy atom. The van der Waals surface area contributed by atoms with Crippen molar-refractivity contribution in [2.24, 2.45) is 0 Å². The van der Waals surface area contributed by atoms with Crippen molar-refractivity contribution >= 4 is 21.9 Å². The van der Waals surface area contributed by atoms with E-state index in [1.165, 1.54) is 13.0 Å². The summed E-state index contributed by atoms with van der Waals surface area (Å²) < 4.78 is 73.5. The Bertz CT molecular complexity index is 1270. The van der Waals surface area contributed by atoms with E-state index in [1.807, 2.05) is 0 Å². The highest BCUT2D eigenvalue weighted by Gasteiger charge is 2.35. The van der Waals surface area contributed by atoms with Crippen LogP contribution in [-0.2, 0) is 12.8 Å². The van der Waals surface area contributed by atoms with Crippen LogP contribution in [0.5, 0.6) is 5.75 Å². The number of benzene rings is 2. The highest BCUT2D eigenvalue weighted by atomic mass is 79.9. The summed E-state index contributed by atoms with van der Waals surface area (Å²) in [6, 6.07) is 6.40. The van der Waals surface area contributed by atoms with Gasteiger partial charge < -0.3 is 9.84 Å². The fourth-order valence-electron chi connectivity index (χ4n) is 2.97. The number of carboxylic acid groups (broad SMARTS) is 1. The first kappa shape index (κ1) is 23.5. The Kier molecular flexibility index (Phi) is 6.40. The lowest BCUT2D eigenvalue weighted by molar-refractivity contribution is -0.137. The molecule has 1 heterocycles. The van der Waals surface area contributed by atoms with Crippen molar-refractivity contribution in [3.05, 3.63) is 91.3 Å². The highest BCUT2D eigenvalue weighted by molar-refractivity contribution is 9.10. The van der Waals surface area contributed by atoms with Gasteiger partial charge in [-0.25, -0.2) is 13.6 Å². The molecule has 0 unspecified atom stereocenters. The van der Waals surface area contributed by atoms with Crippen molar-refractivity contribution in [2.45, 2.75) is 19.7 Å². The number of halogens is 6. The minimum atomic E-state index is -4.94. The zero-order valence-electron chi connectivity index (χ0n) is 16.1. The van der Waals surface area contributed by atoms with Gasteiger partial charge in [0, 0.05) is 23.4 Å². The largest absolute Gasteiger partial charge is 0.487 e. The molecule has 2 aromatic carbocycles. The predicted molar refractivity (Wildman–Crippen MR) is 107 cm³/mol. The lowest BCUT2D eigenvalue weighted by atomic mass is 10.1. The molecule has 1 N–H and O–H groups in total. The normalized spacial score (nSPS) is 11.5. The molecule has 0 bridgehead atoms. The maximum Gasteiger partial charge on any atom is 0.418 e. The summed E-state index contributed by atoms with van der Waals surface area (Å²) in [6.45, 7) is 0.985. The average Bonchev–Trinajstić information content (AvgIpc) is 2.70. The summed E-state index contributed by atoms with van der Waals surface area (Å²) in [6.07, 6.45) is -4.94. The minimum Gasteiger partial charge on any atom is -0.487 e. The van der Waals surface area contributed by atoms with Crippen molar-refractivity contribution in [1.29, 1.82) is 0 Å². The monoisotopic (exact) mass is 517 g/mol. The number of aromatic carboxylic acids is 1. The number of carboxylic acids is 1. The van der Waals surface area contributed by atoms with Gasteiger partial charge in [0.2, 0.25) is 0 Å². The lowest BCUT2D eigenvalue weighted by Crippen LogP contribution is -2.25. The molecular formula is C21H13BrF5NO4. The van der Waals surface area contributed by atoms with E-state index in [4.69, 9.17) is 9.84 Å². The van der Waals surface area contributed by atoms with Crippen LogP contribution in [0.4, 0.5) is 22.0 Å². The van der Waals surface area contributed by atoms with E-state index in [9.17, 15) is 31.5 Å². The van der Waals surface area contributed by atoms with Gasteiger partial charge in [-0.15, -0.1) is 0 Å². The van der Waals surface area contributed by atoms with E-state index < -0.39 is 46.2 Å². The average molecular weight is 518 g/mol. The predicted octanol–water partition coefficient (Wildman–Crippen LogP) is 5.48. The third-order valence-electron chi connectivity index (χ3n) is 4.49. The first-order valence-electron chi connectivity index (χ1n) is 8.84. The van der Waals surface area contributed by atoms with E-state index in [0.29, 0.717) is 12.1 Å². The molecule has 0 radical (unpaired) electrons. The van der Waals surface area contributed by atoms with Gasteiger partial charge >= 0.3 is 12.1 Å². The summed E-state index contributed by atoms with van der Waals surface area (Å²) in [4.78, 5) is 23.9. The Balaban J connectivity index is 2.06. The highest BCUT2D eigenvalue weighted by Crippen LogP contribution is 2.35. The topological polar surface area (TPSA) is 68.5 Å². The van der Waals surface area contributed by atoms with Crippen molar-refractivity contribution in [2.75, 3.05) is 0 Å². The van der Waals surface area contributed by atoms with Crippen LogP contribution in [-0.4, -0.2) is 15.6 Å². The van der Waals surface area contributed by atoms with Gasteiger partial charge in [-0.05, 0) is 53.2 Å². The summed E-state index contributed by atoms with van der Waals surface area (Å²) in [5.41, 5.74) is -3.33. The number of alkyl halides is 3. The molecule has 11 heteroatoms. The first-order chi connectivity index (χ1) is 14.9. The molecule has 0 saturated heterocycles. The standard InChI is InChI=1S/C21H13BrF5NO4/c1-10-6-17(32-9-12-2-4-13(23)8-15(12)24)18(22)19(29)28(10)16-5-3-11(20(30)31)7-14(16)21(25,26)27/h2-8H,9H2,1H3,(H,30,31). The van der Waals surface area contributed by atoms with Gasteiger partial charge in [-0.3, -0.25) is 9.36 Å². The van der Waals surface area contributed by atoms with Crippen molar-refractivity contribution < 1.29 is 36.6 Å². The third-order valence-corrected chi connectivity index (χ3v) is 5.22. The zero-order chi connectivity index (χ0) is 23.8. The zero-order valence-corrected chi connectivity index (χ0v) is 17.7. The number of aryl methyl sites for hydroxylation is 1. The van der Waals surface area contributed by atoms with E-state index in [2.05, 4.69) is 15.9 Å². The third kappa shape index (κ3) is 4.67. The van der Waals surface area contributed by atoms with Crippen molar-refractivity contribution in [3.63, 3.8) is 0 Å². The molecule has 3 aromatic rings. The molecule has 5 nitrogen and oxygen atoms in total. The van der Waals surface area contributed by atoms with E-state index in [1.54, 1.807) is 0 Å². The molecule has 0 aliphatic carbocycles. The number of nitrogens with zero attached hydrogens (tertiary/aromatic N) is 1. The van der Waals surface area contributed by atoms with Crippen LogP contribution in [0.2, 0.25) is 0 Å². The minimum absolute atomic E-state index is 0.00347. The van der Waals surface area contributed by atoms with Gasteiger partial charge in [0.05, 0.1) is 16.8 Å². The number of hydrogen-bond acceptors (Lipinski definition) is 3. The molecule has 0 fully saturated rings. The molecule has 3 rings (SSSR count). The van der Waals surface area contributed by atoms with Crippen LogP contribution in [0, 0.1) is 18.6 Å². The Labute approximate surface area is 185 Å². The molecule has 32 heavy (non-hydrogen) atoms. The van der Waals surface area contributed by atoms with Crippen LogP contribution in [0.25, 0.3) is 5.69 Å². The summed E-state index contributed by atoms with van der Waals surface area (Å²) in [5, 5.41) is 9.01. The number of rotatable bonds is 5. The Hall–Kier alpha value is -3.21. The second-order valence-corrected chi connectivity index (χ2v) is 7.46. The van der Waals surface area contributed by atoms with E-state index in [0.717, 1.165) is 28.8 Å². The fraction of sp³-hybridized carbons (Fsp3) is 0.143. The van der Waals surface area contributed by atoms with Gasteiger partial charge in [0.25, 0.3) is 5.56 Å². The number of ether oxygens (including phenoxy) is 1. The maximum atomic E-state index is 13.8. The maximum absolute atomic E-state index is 13.8. The summed E-state index contributed by atoms with van der Waals surface area (Å²) >= 11 is 2.99. The van der Waals surface area contributed by atoms with Crippen LogP contribution in [0.15, 0.2) is 51.7 Å². The first-order valence-corrected chi connectivity index (χ1v) is 9.63. The Morgan fingerprint density at radius 1 is 1.12 bits per heavy atom. The second kappa shape index (κ2) is 8.73. The van der Waals surface area contributed by atoms with Crippen molar-refractivity contribution in [1.82, 2.24) is 4.57 Å². The van der Waals surface area contributed by atoms with Crippen LogP contribution < -0.4 is 10.3 Å². The molecule has 0 amide bonds. The molecule has 0 spiro atoms. The molecular weight excluding hydrogens is 505 g/mol. The molecule has 0 atom stereocenters. The smallest absolute Gasteiger partial charge is 0.418 e. The van der Waals surface area contributed by atoms with Gasteiger partial charge in [0.1, 0.15) is 28.5 Å². The van der Waals surface area contributed by atoms with Crippen LogP contribution >= 0.6 is 15.9 Å². The lowest BCUT2D eigenvalue weighted by Gasteiger charge is -2.19. The van der Waals surface area contributed by atoms with Gasteiger partial charge in [0.15, 0.2) is 0 Å². The number of hydrogen-bond donors (Lipinski definition) is 1. The van der Waals surface area contributed by atoms with Crippen LogP contribution in [0.1, 0.15) is 27.2 Å². The quantitative estimate of drug-likeness (QED) is 0.455. The molecule has 0 aliphatic heterocycles. The van der Waals surface area contributed by atoms with Crippen molar-refractivity contribution in [3.8, 4) is 11.4 Å². The van der Waals surface area contributed by atoms with Crippen LogP contribution in [0.3, 0.4) is 0 Å². The summed E-state index contributed by atoms with van der Waals surface area (Å²) in [7, 11) is 0. The van der Waals surface area contributed by atoms with E-state index in [-0.39, 0.29) is 28.1 Å². The molecule has 0 aliphatic rings. The number of aromatic nitrogens is 1. The van der Waals surface area contributed by atoms with Gasteiger partial charge in [-0.1, -0.05) is 0 Å². The number of pyridine rings is 1. The van der Waals surface area contributed by atoms with Gasteiger partial charge in [-0.2, -0.15) is 13.2 Å². The summed E-state index contributed by atoms with van der Waals surface area (Å²) in [5.74, 6) is -3.26. The number of carbonyl (C=O) groups is 1.